The molecular weight excluding hydrogens is 381 g/mol. The second-order valence-electron chi connectivity index (χ2n) is 7.62. The highest BCUT2D eigenvalue weighted by atomic mass is 19.1. The minimum atomic E-state index is -1.55. The van der Waals surface area contributed by atoms with Crippen LogP contribution in [0, 0.1) is 51.6 Å². The first-order valence-electron chi connectivity index (χ1n) is 9.69. The largest absolute Gasteiger partial charge is 0.365 e. The molecule has 0 amide bonds. The van der Waals surface area contributed by atoms with Gasteiger partial charge in [0.15, 0.2) is 18.3 Å². The minimum absolute atomic E-state index is 0.0536. The third-order valence-corrected chi connectivity index (χ3v) is 5.87. The number of halogens is 1. The van der Waals surface area contributed by atoms with E-state index in [1.54, 1.807) is 47.3 Å². The second-order valence-corrected chi connectivity index (χ2v) is 7.62. The molecular formula is C23H19FN5O+. The van der Waals surface area contributed by atoms with Crippen LogP contribution in [0.1, 0.15) is 30.4 Å². The Hall–Kier alpha value is -3.73. The maximum atomic E-state index is 15.0. The topological polar surface area (TPSA) is 108 Å². The summed E-state index contributed by atoms with van der Waals surface area (Å²) in [4.78, 5) is 0. The predicted octanol–water partition coefficient (Wildman–Crippen LogP) is 2.58. The van der Waals surface area contributed by atoms with E-state index >= 15 is 0 Å². The van der Waals surface area contributed by atoms with Gasteiger partial charge in [-0.25, -0.2) is 4.39 Å². The summed E-state index contributed by atoms with van der Waals surface area (Å²) in [5.74, 6) is -2.82. The van der Waals surface area contributed by atoms with E-state index in [1.807, 2.05) is 18.2 Å². The summed E-state index contributed by atoms with van der Waals surface area (Å²) < 4.78 is 16.7. The normalized spacial score (nSPS) is 25.7. The number of nitriles is 3. The van der Waals surface area contributed by atoms with Crippen molar-refractivity contribution in [1.82, 2.24) is 5.32 Å². The van der Waals surface area contributed by atoms with Crippen molar-refractivity contribution in [3.63, 3.8) is 0 Å². The van der Waals surface area contributed by atoms with Crippen LogP contribution < -0.4 is 9.88 Å². The number of aromatic nitrogens is 1. The van der Waals surface area contributed by atoms with Gasteiger partial charge in [0.2, 0.25) is 11.8 Å². The Morgan fingerprint density at radius 3 is 2.30 bits per heavy atom. The van der Waals surface area contributed by atoms with Gasteiger partial charge in [0.1, 0.15) is 5.82 Å². The first-order valence-corrected chi connectivity index (χ1v) is 9.69. The van der Waals surface area contributed by atoms with Crippen LogP contribution >= 0.6 is 0 Å². The van der Waals surface area contributed by atoms with E-state index in [1.165, 1.54) is 6.07 Å². The zero-order valence-corrected chi connectivity index (χ0v) is 16.0. The highest BCUT2D eigenvalue weighted by Crippen LogP contribution is 2.52. The lowest BCUT2D eigenvalue weighted by Gasteiger charge is -2.43. The highest BCUT2D eigenvalue weighted by molar-refractivity contribution is 5.47. The Kier molecular flexibility index (Phi) is 4.96. The minimum Gasteiger partial charge on any atom is -0.365 e. The fraction of sp³-hybridized carbons (Fsp3) is 0.304. The number of aliphatic hydroxyl groups is 1. The molecule has 0 spiro atoms. The van der Waals surface area contributed by atoms with Gasteiger partial charge in [0, 0.05) is 23.6 Å². The average Bonchev–Trinajstić information content (AvgIpc) is 3.61. The van der Waals surface area contributed by atoms with Crippen LogP contribution in [0.4, 0.5) is 4.39 Å². The molecule has 2 aliphatic rings. The molecule has 0 saturated heterocycles. The maximum Gasteiger partial charge on any atom is 0.217 e. The molecule has 2 N–H and O–H groups in total. The zero-order chi connectivity index (χ0) is 21.3. The van der Waals surface area contributed by atoms with Crippen molar-refractivity contribution in [2.24, 2.45) is 11.8 Å². The smallest absolute Gasteiger partial charge is 0.217 e. The molecule has 1 aromatic carbocycles. The van der Waals surface area contributed by atoms with Crippen LogP contribution in [0.3, 0.4) is 0 Å². The molecule has 3 unspecified atom stereocenters. The van der Waals surface area contributed by atoms with Gasteiger partial charge in [-0.2, -0.15) is 20.4 Å². The van der Waals surface area contributed by atoms with Gasteiger partial charge in [-0.1, -0.05) is 24.3 Å². The van der Waals surface area contributed by atoms with Gasteiger partial charge < -0.3 is 10.4 Å². The van der Waals surface area contributed by atoms with Gasteiger partial charge in [0.05, 0.1) is 35.4 Å². The van der Waals surface area contributed by atoms with Crippen molar-refractivity contribution in [3.05, 3.63) is 77.5 Å². The van der Waals surface area contributed by atoms with E-state index in [-0.39, 0.29) is 22.8 Å². The van der Waals surface area contributed by atoms with Crippen LogP contribution in [-0.2, 0) is 0 Å². The summed E-state index contributed by atoms with van der Waals surface area (Å²) in [5, 5.41) is 43.9. The average molecular weight is 400 g/mol. The molecule has 0 bridgehead atoms. The van der Waals surface area contributed by atoms with Crippen LogP contribution in [-0.4, -0.2) is 10.8 Å². The van der Waals surface area contributed by atoms with Crippen molar-refractivity contribution in [3.8, 4) is 18.2 Å². The molecule has 1 saturated carbocycles. The van der Waals surface area contributed by atoms with E-state index in [0.29, 0.717) is 0 Å². The van der Waals surface area contributed by atoms with E-state index in [2.05, 4.69) is 11.4 Å². The highest BCUT2D eigenvalue weighted by Gasteiger charge is 2.62. The van der Waals surface area contributed by atoms with Gasteiger partial charge in [-0.3, -0.25) is 0 Å². The first-order chi connectivity index (χ1) is 14.5. The van der Waals surface area contributed by atoms with Gasteiger partial charge in [0.25, 0.3) is 0 Å². The molecule has 1 fully saturated rings. The van der Waals surface area contributed by atoms with Crippen molar-refractivity contribution in [2.75, 3.05) is 0 Å². The fourth-order valence-corrected chi connectivity index (χ4v) is 4.37. The van der Waals surface area contributed by atoms with E-state index in [4.69, 9.17) is 0 Å². The predicted molar refractivity (Wildman–Crippen MR) is 103 cm³/mol. The van der Waals surface area contributed by atoms with E-state index < -0.39 is 29.4 Å². The monoisotopic (exact) mass is 400 g/mol. The van der Waals surface area contributed by atoms with Crippen LogP contribution in [0.5, 0.6) is 0 Å². The van der Waals surface area contributed by atoms with Crippen molar-refractivity contribution < 1.29 is 14.1 Å². The molecule has 2 heterocycles. The van der Waals surface area contributed by atoms with Crippen molar-refractivity contribution in [2.45, 2.75) is 30.5 Å². The van der Waals surface area contributed by atoms with E-state index in [9.17, 15) is 25.3 Å². The van der Waals surface area contributed by atoms with E-state index in [0.717, 1.165) is 12.8 Å². The molecule has 1 aromatic heterocycles. The molecule has 148 valence electrons. The second kappa shape index (κ2) is 7.59. The lowest BCUT2D eigenvalue weighted by atomic mass is 9.73. The molecule has 3 atom stereocenters. The van der Waals surface area contributed by atoms with Crippen molar-refractivity contribution >= 4 is 0 Å². The third kappa shape index (κ3) is 3.08. The molecule has 4 rings (SSSR count). The maximum absolute atomic E-state index is 15.0. The van der Waals surface area contributed by atoms with Gasteiger partial charge in [-0.05, 0) is 18.9 Å². The summed E-state index contributed by atoms with van der Waals surface area (Å²) in [6, 6.07) is 16.6. The summed E-state index contributed by atoms with van der Waals surface area (Å²) in [6.07, 6.45) is 5.02. The fourth-order valence-electron chi connectivity index (χ4n) is 4.37. The SMILES string of the molecule is N#CC1=C(C(C#N)C#N)NC(O)(C2CC2)C([n+]2ccccc2)C1c1ccccc1F. The number of hydrogen-bond donors (Lipinski definition) is 2. The lowest BCUT2D eigenvalue weighted by Crippen LogP contribution is -2.66. The van der Waals surface area contributed by atoms with Crippen molar-refractivity contribution in [1.29, 1.82) is 15.8 Å². The Balaban J connectivity index is 2.04. The number of hydrogen-bond acceptors (Lipinski definition) is 5. The summed E-state index contributed by atoms with van der Waals surface area (Å²) in [6.45, 7) is 0. The van der Waals surface area contributed by atoms with Crippen LogP contribution in [0.2, 0.25) is 0 Å². The lowest BCUT2D eigenvalue weighted by molar-refractivity contribution is -0.742. The Labute approximate surface area is 173 Å². The molecule has 2 aromatic rings. The number of benzene rings is 1. The summed E-state index contributed by atoms with van der Waals surface area (Å²) >= 11 is 0. The number of nitrogens with zero attached hydrogens (tertiary/aromatic N) is 4. The molecule has 1 aliphatic carbocycles. The summed E-state index contributed by atoms with van der Waals surface area (Å²) in [7, 11) is 0. The molecule has 6 nitrogen and oxygen atoms in total. The molecule has 0 radical (unpaired) electrons. The number of rotatable bonds is 4. The Bertz CT molecular complexity index is 1110. The number of allylic oxidation sites excluding steroid dienone is 2. The summed E-state index contributed by atoms with van der Waals surface area (Å²) in [5.41, 5.74) is -1.18. The van der Waals surface area contributed by atoms with Gasteiger partial charge >= 0.3 is 0 Å². The van der Waals surface area contributed by atoms with Crippen LogP contribution in [0.15, 0.2) is 66.1 Å². The number of nitrogens with one attached hydrogen (secondary N) is 1. The Morgan fingerprint density at radius 2 is 1.73 bits per heavy atom. The standard InChI is InChI=1S/C23H19FN5O/c24-19-7-3-2-6-17(19)20-18(14-27)21(15(12-25)13-26)28-23(30,16-8-9-16)22(20)29-10-4-1-5-11-29/h1-7,10-11,15-16,20,22,28,30H,8-9H2/q+1. The van der Waals surface area contributed by atoms with Crippen LogP contribution in [0.25, 0.3) is 0 Å². The number of pyridine rings is 1. The third-order valence-electron chi connectivity index (χ3n) is 5.87. The zero-order valence-electron chi connectivity index (χ0n) is 16.0. The quantitative estimate of drug-likeness (QED) is 0.767. The molecule has 30 heavy (non-hydrogen) atoms. The molecule has 7 heteroatoms. The Morgan fingerprint density at radius 1 is 1.07 bits per heavy atom. The molecule has 1 aliphatic heterocycles. The first kappa shape index (κ1) is 19.6. The van der Waals surface area contributed by atoms with Gasteiger partial charge in [-0.15, -0.1) is 0 Å².